The van der Waals surface area contributed by atoms with Gasteiger partial charge in [0.1, 0.15) is 16.7 Å². The third kappa shape index (κ3) is 6.55. The Morgan fingerprint density at radius 1 is 0.919 bits per heavy atom. The van der Waals surface area contributed by atoms with Gasteiger partial charge in [0.2, 0.25) is 15.9 Å². The van der Waals surface area contributed by atoms with E-state index in [-0.39, 0.29) is 23.0 Å². The van der Waals surface area contributed by atoms with E-state index < -0.39 is 22.0 Å². The number of methoxy groups -OCH3 is 1. The van der Waals surface area contributed by atoms with Crippen LogP contribution in [-0.4, -0.2) is 50.8 Å². The number of anilines is 1. The standard InChI is InChI=1S/C28H31N3O5S/c1-36-25-16-15-23(20-26(25)37(34,35)31-17-9-4-10-18-31)29-28(33)24(19-21-11-5-2-6-12-21)30-27(32)22-13-7-3-8-14-22/h2-3,5-8,11-16,20,24H,4,9-10,17-19H2,1H3,(H,29,33)(H,30,32). The molecule has 2 amide bonds. The highest BCUT2D eigenvalue weighted by molar-refractivity contribution is 7.89. The summed E-state index contributed by atoms with van der Waals surface area (Å²) in [5, 5.41) is 5.61. The molecule has 1 saturated heterocycles. The summed E-state index contributed by atoms with van der Waals surface area (Å²) in [7, 11) is -2.39. The van der Waals surface area contributed by atoms with Crippen molar-refractivity contribution in [3.8, 4) is 5.75 Å². The minimum atomic E-state index is -3.80. The Morgan fingerprint density at radius 2 is 1.57 bits per heavy atom. The molecular weight excluding hydrogens is 490 g/mol. The first-order chi connectivity index (χ1) is 17.9. The Labute approximate surface area is 217 Å². The zero-order chi connectivity index (χ0) is 26.3. The summed E-state index contributed by atoms with van der Waals surface area (Å²) < 4.78 is 33.5. The Bertz CT molecular complexity index is 1320. The zero-order valence-corrected chi connectivity index (χ0v) is 21.5. The molecule has 0 saturated carbocycles. The van der Waals surface area contributed by atoms with Crippen LogP contribution in [0.3, 0.4) is 0 Å². The molecule has 1 unspecified atom stereocenters. The molecule has 37 heavy (non-hydrogen) atoms. The van der Waals surface area contributed by atoms with Crippen molar-refractivity contribution >= 4 is 27.5 Å². The molecule has 2 N–H and O–H groups in total. The molecule has 1 aliphatic heterocycles. The fourth-order valence-electron chi connectivity index (χ4n) is 4.32. The van der Waals surface area contributed by atoms with Crippen molar-refractivity contribution in [1.82, 2.24) is 9.62 Å². The summed E-state index contributed by atoms with van der Waals surface area (Å²) >= 11 is 0. The number of hydrogen-bond acceptors (Lipinski definition) is 5. The molecular formula is C28H31N3O5S. The molecule has 3 aromatic carbocycles. The smallest absolute Gasteiger partial charge is 0.251 e. The van der Waals surface area contributed by atoms with Crippen LogP contribution in [0.5, 0.6) is 5.75 Å². The van der Waals surface area contributed by atoms with Crippen molar-refractivity contribution in [3.05, 3.63) is 90.0 Å². The van der Waals surface area contributed by atoms with Gasteiger partial charge in [-0.1, -0.05) is 55.0 Å². The summed E-state index contributed by atoms with van der Waals surface area (Å²) in [6.07, 6.45) is 2.87. The Hall–Kier alpha value is -3.69. The highest BCUT2D eigenvalue weighted by Crippen LogP contribution is 2.31. The Balaban J connectivity index is 1.58. The number of hydrogen-bond donors (Lipinski definition) is 2. The van der Waals surface area contributed by atoms with Gasteiger partial charge in [-0.25, -0.2) is 8.42 Å². The molecule has 3 aromatic rings. The lowest BCUT2D eigenvalue weighted by Crippen LogP contribution is -2.45. The van der Waals surface area contributed by atoms with Gasteiger partial charge >= 0.3 is 0 Å². The van der Waals surface area contributed by atoms with E-state index in [1.165, 1.54) is 23.5 Å². The number of carbonyl (C=O) groups excluding carboxylic acids is 2. The van der Waals surface area contributed by atoms with E-state index in [1.54, 1.807) is 30.3 Å². The molecule has 1 aliphatic rings. The van der Waals surface area contributed by atoms with Crippen LogP contribution < -0.4 is 15.4 Å². The van der Waals surface area contributed by atoms with Crippen molar-refractivity contribution in [3.63, 3.8) is 0 Å². The van der Waals surface area contributed by atoms with Gasteiger partial charge in [-0.15, -0.1) is 0 Å². The summed E-state index contributed by atoms with van der Waals surface area (Å²) in [5.41, 5.74) is 1.61. The monoisotopic (exact) mass is 521 g/mol. The first-order valence-corrected chi connectivity index (χ1v) is 13.7. The van der Waals surface area contributed by atoms with Crippen LogP contribution in [0.2, 0.25) is 0 Å². The summed E-state index contributed by atoms with van der Waals surface area (Å²) in [5.74, 6) is -0.624. The van der Waals surface area contributed by atoms with E-state index in [1.807, 2.05) is 36.4 Å². The van der Waals surface area contributed by atoms with Crippen LogP contribution in [0.15, 0.2) is 83.8 Å². The molecule has 0 aromatic heterocycles. The number of nitrogens with one attached hydrogen (secondary N) is 2. The van der Waals surface area contributed by atoms with Gasteiger partial charge in [0.25, 0.3) is 5.91 Å². The normalized spacial score (nSPS) is 14.9. The molecule has 1 heterocycles. The minimum Gasteiger partial charge on any atom is -0.495 e. The lowest BCUT2D eigenvalue weighted by atomic mass is 10.0. The minimum absolute atomic E-state index is 0.00244. The average Bonchev–Trinajstić information content (AvgIpc) is 2.94. The van der Waals surface area contributed by atoms with Gasteiger partial charge in [0.05, 0.1) is 7.11 Å². The number of ether oxygens (including phenoxy) is 1. The van der Waals surface area contributed by atoms with E-state index in [0.717, 1.165) is 24.8 Å². The third-order valence-corrected chi connectivity index (χ3v) is 8.22. The molecule has 0 aliphatic carbocycles. The number of benzene rings is 3. The number of piperidine rings is 1. The van der Waals surface area contributed by atoms with E-state index in [0.29, 0.717) is 24.3 Å². The summed E-state index contributed by atoms with van der Waals surface area (Å²) in [4.78, 5) is 26.2. The first-order valence-electron chi connectivity index (χ1n) is 12.3. The van der Waals surface area contributed by atoms with Gasteiger partial charge in [-0.05, 0) is 48.7 Å². The second kappa shape index (κ2) is 12.0. The quantitative estimate of drug-likeness (QED) is 0.445. The molecule has 0 spiro atoms. The number of rotatable bonds is 9. The highest BCUT2D eigenvalue weighted by Gasteiger charge is 2.30. The number of nitrogens with zero attached hydrogens (tertiary/aromatic N) is 1. The lowest BCUT2D eigenvalue weighted by molar-refractivity contribution is -0.118. The summed E-state index contributed by atoms with van der Waals surface area (Å²) in [6.45, 7) is 0.902. The van der Waals surface area contributed by atoms with Gasteiger partial charge in [-0.2, -0.15) is 4.31 Å². The molecule has 1 fully saturated rings. The number of sulfonamides is 1. The van der Waals surface area contributed by atoms with E-state index in [4.69, 9.17) is 4.74 Å². The van der Waals surface area contributed by atoms with Gasteiger partial charge in [0, 0.05) is 30.8 Å². The summed E-state index contributed by atoms with van der Waals surface area (Å²) in [6, 6.07) is 21.7. The topological polar surface area (TPSA) is 105 Å². The molecule has 194 valence electrons. The van der Waals surface area contributed by atoms with Gasteiger partial charge in [-0.3, -0.25) is 9.59 Å². The van der Waals surface area contributed by atoms with E-state index in [9.17, 15) is 18.0 Å². The molecule has 9 heteroatoms. The lowest BCUT2D eigenvalue weighted by Gasteiger charge is -2.27. The largest absolute Gasteiger partial charge is 0.495 e. The van der Waals surface area contributed by atoms with Crippen molar-refractivity contribution in [1.29, 1.82) is 0 Å². The molecule has 1 atom stereocenters. The van der Waals surface area contributed by atoms with Crippen LogP contribution >= 0.6 is 0 Å². The number of amides is 2. The third-order valence-electron chi connectivity index (χ3n) is 6.30. The van der Waals surface area contributed by atoms with Crippen molar-refractivity contribution < 1.29 is 22.7 Å². The molecule has 4 rings (SSSR count). The predicted molar refractivity (Wildman–Crippen MR) is 142 cm³/mol. The van der Waals surface area contributed by atoms with Crippen LogP contribution in [0.1, 0.15) is 35.2 Å². The first kappa shape index (κ1) is 26.4. The highest BCUT2D eigenvalue weighted by atomic mass is 32.2. The fraction of sp³-hybridized carbons (Fsp3) is 0.286. The predicted octanol–water partition coefficient (Wildman–Crippen LogP) is 3.85. The average molecular weight is 522 g/mol. The maximum atomic E-state index is 13.4. The maximum absolute atomic E-state index is 13.4. The van der Waals surface area contributed by atoms with Crippen LogP contribution in [0, 0.1) is 0 Å². The Morgan fingerprint density at radius 3 is 2.22 bits per heavy atom. The van der Waals surface area contributed by atoms with Crippen molar-refractivity contribution in [2.45, 2.75) is 36.6 Å². The van der Waals surface area contributed by atoms with Crippen LogP contribution in [0.25, 0.3) is 0 Å². The zero-order valence-electron chi connectivity index (χ0n) is 20.7. The van der Waals surface area contributed by atoms with Crippen molar-refractivity contribution in [2.75, 3.05) is 25.5 Å². The second-order valence-corrected chi connectivity index (χ2v) is 10.8. The van der Waals surface area contributed by atoms with E-state index >= 15 is 0 Å². The molecule has 0 radical (unpaired) electrons. The van der Waals surface area contributed by atoms with Crippen LogP contribution in [0.4, 0.5) is 5.69 Å². The Kier molecular flexibility index (Phi) is 8.58. The number of carbonyl (C=O) groups is 2. The molecule has 0 bridgehead atoms. The SMILES string of the molecule is COc1ccc(NC(=O)C(Cc2ccccc2)NC(=O)c2ccccc2)cc1S(=O)(=O)N1CCCCC1. The molecule has 8 nitrogen and oxygen atoms in total. The van der Waals surface area contributed by atoms with Gasteiger partial charge < -0.3 is 15.4 Å². The maximum Gasteiger partial charge on any atom is 0.251 e. The van der Waals surface area contributed by atoms with E-state index in [2.05, 4.69) is 10.6 Å². The van der Waals surface area contributed by atoms with Crippen LogP contribution in [-0.2, 0) is 21.2 Å². The second-order valence-electron chi connectivity index (χ2n) is 8.90. The van der Waals surface area contributed by atoms with Gasteiger partial charge in [0.15, 0.2) is 0 Å². The van der Waals surface area contributed by atoms with Crippen molar-refractivity contribution in [2.24, 2.45) is 0 Å². The fourth-order valence-corrected chi connectivity index (χ4v) is 6.02.